The van der Waals surface area contributed by atoms with E-state index in [1.807, 2.05) is 51.0 Å². The molecular weight excluding hydrogens is 374 g/mol. The first-order valence-electron chi connectivity index (χ1n) is 9.68. The number of carbonyl (C=O) groups is 1. The Morgan fingerprint density at radius 3 is 2.39 bits per heavy atom. The first kappa shape index (κ1) is 20.4. The van der Waals surface area contributed by atoms with Gasteiger partial charge in [-0.05, 0) is 57.2 Å². The lowest BCUT2D eigenvalue weighted by Crippen LogP contribution is -2.40. The number of anilines is 2. The van der Waals surface area contributed by atoms with Crippen molar-refractivity contribution >= 4 is 29.1 Å². The lowest BCUT2D eigenvalue weighted by atomic mass is 9.91. The van der Waals surface area contributed by atoms with Gasteiger partial charge in [0.15, 0.2) is 0 Å². The molecule has 1 heterocycles. The molecule has 0 bridgehead atoms. The van der Waals surface area contributed by atoms with Crippen molar-refractivity contribution in [2.75, 3.05) is 24.3 Å². The van der Waals surface area contributed by atoms with E-state index in [1.54, 1.807) is 6.07 Å². The Balaban J connectivity index is 1.53. The Labute approximate surface area is 171 Å². The van der Waals surface area contributed by atoms with E-state index in [9.17, 15) is 4.79 Å². The van der Waals surface area contributed by atoms with Crippen molar-refractivity contribution in [2.24, 2.45) is 0 Å². The van der Waals surface area contributed by atoms with Crippen LogP contribution in [-0.2, 0) is 0 Å². The number of aryl methyl sites for hydroxylation is 2. The SMILES string of the molecule is Cc1nc(N[C@H]2CC[C@@H](NC(=O)c3ccc(C)c(Cl)c3)CC2)cc(N(C)C)n1. The fourth-order valence-electron chi connectivity index (χ4n) is 3.45. The minimum Gasteiger partial charge on any atom is -0.367 e. The van der Waals surface area contributed by atoms with Crippen LogP contribution in [0.5, 0.6) is 0 Å². The van der Waals surface area contributed by atoms with Gasteiger partial charge in [-0.1, -0.05) is 17.7 Å². The summed E-state index contributed by atoms with van der Waals surface area (Å²) in [5.41, 5.74) is 1.59. The number of benzene rings is 1. The largest absolute Gasteiger partial charge is 0.367 e. The Hall–Kier alpha value is -2.34. The van der Waals surface area contributed by atoms with Crippen LogP contribution in [0, 0.1) is 13.8 Å². The molecule has 0 spiro atoms. The van der Waals surface area contributed by atoms with Crippen molar-refractivity contribution in [1.82, 2.24) is 15.3 Å². The normalized spacial score (nSPS) is 19.2. The number of aromatic nitrogens is 2. The minimum absolute atomic E-state index is 0.0552. The van der Waals surface area contributed by atoms with Gasteiger partial charge in [0.1, 0.15) is 17.5 Å². The quantitative estimate of drug-likeness (QED) is 0.793. The summed E-state index contributed by atoms with van der Waals surface area (Å²) in [6, 6.07) is 7.95. The van der Waals surface area contributed by atoms with Gasteiger partial charge in [-0.2, -0.15) is 0 Å². The third-order valence-corrected chi connectivity index (χ3v) is 5.54. The van der Waals surface area contributed by atoms with Crippen LogP contribution in [0.3, 0.4) is 0 Å². The van der Waals surface area contributed by atoms with Gasteiger partial charge in [-0.15, -0.1) is 0 Å². The van der Waals surface area contributed by atoms with E-state index < -0.39 is 0 Å². The molecule has 150 valence electrons. The molecule has 6 nitrogen and oxygen atoms in total. The van der Waals surface area contributed by atoms with Gasteiger partial charge < -0.3 is 15.5 Å². The zero-order chi connectivity index (χ0) is 20.3. The predicted octanol–water partition coefficient (Wildman–Crippen LogP) is 3.97. The molecule has 2 N–H and O–H groups in total. The molecule has 0 saturated heterocycles. The second-order valence-electron chi connectivity index (χ2n) is 7.68. The summed E-state index contributed by atoms with van der Waals surface area (Å²) in [4.78, 5) is 23.4. The first-order chi connectivity index (χ1) is 13.3. The number of nitrogens with zero attached hydrogens (tertiary/aromatic N) is 3. The highest BCUT2D eigenvalue weighted by molar-refractivity contribution is 6.31. The number of halogens is 1. The average Bonchev–Trinajstić information content (AvgIpc) is 2.65. The van der Waals surface area contributed by atoms with Crippen LogP contribution < -0.4 is 15.5 Å². The van der Waals surface area contributed by atoms with Crippen LogP contribution >= 0.6 is 11.6 Å². The van der Waals surface area contributed by atoms with Crippen molar-refractivity contribution < 1.29 is 4.79 Å². The summed E-state index contributed by atoms with van der Waals surface area (Å²) in [5.74, 6) is 2.46. The number of rotatable bonds is 5. The van der Waals surface area contributed by atoms with Crippen LogP contribution in [0.2, 0.25) is 5.02 Å². The van der Waals surface area contributed by atoms with Crippen LogP contribution in [0.4, 0.5) is 11.6 Å². The summed E-state index contributed by atoms with van der Waals surface area (Å²) in [7, 11) is 3.95. The lowest BCUT2D eigenvalue weighted by molar-refractivity contribution is 0.0926. The molecule has 1 saturated carbocycles. The topological polar surface area (TPSA) is 70.2 Å². The van der Waals surface area contributed by atoms with Crippen LogP contribution in [0.1, 0.15) is 47.4 Å². The van der Waals surface area contributed by atoms with Crippen LogP contribution in [-0.4, -0.2) is 42.1 Å². The molecule has 1 amide bonds. The van der Waals surface area contributed by atoms with Crippen LogP contribution in [0.25, 0.3) is 0 Å². The number of carbonyl (C=O) groups excluding carboxylic acids is 1. The Morgan fingerprint density at radius 1 is 1.07 bits per heavy atom. The summed E-state index contributed by atoms with van der Waals surface area (Å²) in [6.07, 6.45) is 3.85. The second kappa shape index (κ2) is 8.78. The Bertz CT molecular complexity index is 847. The van der Waals surface area contributed by atoms with Gasteiger partial charge in [0, 0.05) is 42.8 Å². The summed E-state index contributed by atoms with van der Waals surface area (Å²) in [5, 5.41) is 7.29. The fourth-order valence-corrected chi connectivity index (χ4v) is 3.63. The maximum absolute atomic E-state index is 12.5. The van der Waals surface area contributed by atoms with Gasteiger partial charge in [0.05, 0.1) is 0 Å². The van der Waals surface area contributed by atoms with Crippen molar-refractivity contribution in [3.05, 3.63) is 46.2 Å². The second-order valence-corrected chi connectivity index (χ2v) is 8.09. The van der Waals surface area contributed by atoms with Gasteiger partial charge in [0.25, 0.3) is 5.91 Å². The Morgan fingerprint density at radius 2 is 1.75 bits per heavy atom. The molecule has 0 radical (unpaired) electrons. The van der Waals surface area contributed by atoms with Crippen molar-refractivity contribution in [3.8, 4) is 0 Å². The zero-order valence-corrected chi connectivity index (χ0v) is 17.7. The summed E-state index contributed by atoms with van der Waals surface area (Å²) >= 11 is 6.14. The molecular formula is C21H28ClN5O. The van der Waals surface area contributed by atoms with Crippen molar-refractivity contribution in [1.29, 1.82) is 0 Å². The van der Waals surface area contributed by atoms with E-state index in [1.165, 1.54) is 0 Å². The zero-order valence-electron chi connectivity index (χ0n) is 16.9. The third kappa shape index (κ3) is 5.13. The van der Waals surface area contributed by atoms with Crippen molar-refractivity contribution in [3.63, 3.8) is 0 Å². The van der Waals surface area contributed by atoms with E-state index in [0.717, 1.165) is 48.7 Å². The van der Waals surface area contributed by atoms with Crippen LogP contribution in [0.15, 0.2) is 24.3 Å². The molecule has 1 aromatic heterocycles. The smallest absolute Gasteiger partial charge is 0.251 e. The van der Waals surface area contributed by atoms with E-state index in [0.29, 0.717) is 16.6 Å². The number of hydrogen-bond donors (Lipinski definition) is 2. The Kier molecular flexibility index (Phi) is 6.39. The van der Waals surface area contributed by atoms with Gasteiger partial charge in [0.2, 0.25) is 0 Å². The number of nitrogens with one attached hydrogen (secondary N) is 2. The summed E-state index contributed by atoms with van der Waals surface area (Å²) in [6.45, 7) is 3.83. The maximum Gasteiger partial charge on any atom is 0.251 e. The molecule has 1 fully saturated rings. The predicted molar refractivity (Wildman–Crippen MR) is 114 cm³/mol. The standard InChI is InChI=1S/C21H28ClN5O/c1-13-5-6-15(11-18(13)22)21(28)26-17-9-7-16(8-10-17)25-19-12-20(27(3)4)24-14(2)23-19/h5-6,11-12,16-17H,7-10H2,1-4H3,(H,26,28)(H,23,24,25)/t16-,17+. The van der Waals surface area contributed by atoms with Gasteiger partial charge in [-0.3, -0.25) is 4.79 Å². The maximum atomic E-state index is 12.5. The molecule has 1 aliphatic rings. The molecule has 0 unspecified atom stereocenters. The molecule has 1 aromatic carbocycles. The number of amides is 1. The van der Waals surface area contributed by atoms with E-state index in [4.69, 9.17) is 11.6 Å². The molecule has 7 heteroatoms. The number of hydrogen-bond acceptors (Lipinski definition) is 5. The van der Waals surface area contributed by atoms with E-state index in [2.05, 4.69) is 20.6 Å². The fraction of sp³-hybridized carbons (Fsp3) is 0.476. The molecule has 28 heavy (non-hydrogen) atoms. The lowest BCUT2D eigenvalue weighted by Gasteiger charge is -2.30. The first-order valence-corrected chi connectivity index (χ1v) is 10.1. The molecule has 2 aromatic rings. The third-order valence-electron chi connectivity index (χ3n) is 5.13. The highest BCUT2D eigenvalue weighted by Gasteiger charge is 2.23. The van der Waals surface area contributed by atoms with Crippen molar-refractivity contribution in [2.45, 2.75) is 51.6 Å². The van der Waals surface area contributed by atoms with Gasteiger partial charge >= 0.3 is 0 Å². The van der Waals surface area contributed by atoms with Gasteiger partial charge in [-0.25, -0.2) is 9.97 Å². The van der Waals surface area contributed by atoms with E-state index in [-0.39, 0.29) is 11.9 Å². The molecule has 0 aliphatic heterocycles. The molecule has 1 aliphatic carbocycles. The highest BCUT2D eigenvalue weighted by atomic mass is 35.5. The average molecular weight is 402 g/mol. The monoisotopic (exact) mass is 401 g/mol. The highest BCUT2D eigenvalue weighted by Crippen LogP contribution is 2.24. The minimum atomic E-state index is -0.0552. The van der Waals surface area contributed by atoms with E-state index >= 15 is 0 Å². The molecule has 3 rings (SSSR count). The summed E-state index contributed by atoms with van der Waals surface area (Å²) < 4.78 is 0. The molecule has 0 atom stereocenters.